The van der Waals surface area contributed by atoms with Gasteiger partial charge in [-0.2, -0.15) is 4.68 Å². The Hall–Kier alpha value is -2.67. The smallest absolute Gasteiger partial charge is 0.316 e. The Morgan fingerprint density at radius 2 is 1.74 bits per heavy atom. The quantitative estimate of drug-likeness (QED) is 0.478. The molecule has 0 bridgehead atoms. The first-order chi connectivity index (χ1) is 12.9. The van der Waals surface area contributed by atoms with Crippen LogP contribution in [0, 0.1) is 27.7 Å². The summed E-state index contributed by atoms with van der Waals surface area (Å²) in [7, 11) is 0. The number of nitrogens with zero attached hydrogens (tertiary/aromatic N) is 4. The van der Waals surface area contributed by atoms with Gasteiger partial charge in [0.25, 0.3) is 0 Å². The summed E-state index contributed by atoms with van der Waals surface area (Å²) in [6.45, 7) is 8.33. The first kappa shape index (κ1) is 19.1. The van der Waals surface area contributed by atoms with Crippen molar-refractivity contribution in [3.8, 4) is 5.69 Å². The Morgan fingerprint density at radius 3 is 2.52 bits per heavy atom. The van der Waals surface area contributed by atoms with Crippen molar-refractivity contribution in [2.45, 2.75) is 39.5 Å². The molecule has 0 N–H and O–H groups in total. The second-order valence-electron chi connectivity index (χ2n) is 6.54. The van der Waals surface area contributed by atoms with Gasteiger partial charge in [-0.3, -0.25) is 4.79 Å². The minimum absolute atomic E-state index is 0.149. The van der Waals surface area contributed by atoms with Crippen LogP contribution in [0.5, 0.6) is 0 Å². The van der Waals surface area contributed by atoms with Gasteiger partial charge in [0, 0.05) is 0 Å². The minimum Gasteiger partial charge on any atom is -0.460 e. The fourth-order valence-corrected chi connectivity index (χ4v) is 3.33. The number of aryl methyl sites for hydroxylation is 4. The molecular weight excluding hydrogens is 360 g/mol. The largest absolute Gasteiger partial charge is 0.460 e. The van der Waals surface area contributed by atoms with Crippen LogP contribution in [-0.4, -0.2) is 31.9 Å². The molecule has 0 unspecified atom stereocenters. The van der Waals surface area contributed by atoms with Gasteiger partial charge in [0.05, 0.1) is 11.4 Å². The lowest BCUT2D eigenvalue weighted by atomic mass is 10.1. The monoisotopic (exact) mass is 382 g/mol. The number of benzene rings is 2. The molecular formula is C20H22N4O2S. The number of aromatic nitrogens is 4. The highest BCUT2D eigenvalue weighted by molar-refractivity contribution is 7.99. The zero-order chi connectivity index (χ0) is 19.4. The van der Waals surface area contributed by atoms with Gasteiger partial charge >= 0.3 is 5.97 Å². The molecule has 140 valence electrons. The van der Waals surface area contributed by atoms with E-state index >= 15 is 0 Å². The molecule has 0 aliphatic rings. The van der Waals surface area contributed by atoms with Crippen LogP contribution in [0.3, 0.4) is 0 Å². The lowest BCUT2D eigenvalue weighted by molar-refractivity contribution is -0.141. The first-order valence-corrected chi connectivity index (χ1v) is 9.63. The fourth-order valence-electron chi connectivity index (χ4n) is 2.65. The second kappa shape index (κ2) is 8.35. The van der Waals surface area contributed by atoms with Crippen molar-refractivity contribution in [1.82, 2.24) is 20.2 Å². The third-order valence-electron chi connectivity index (χ3n) is 4.25. The summed E-state index contributed by atoms with van der Waals surface area (Å²) in [5, 5.41) is 12.4. The Kier molecular flexibility index (Phi) is 5.91. The molecule has 3 aromatic rings. The predicted octanol–water partition coefficient (Wildman–Crippen LogP) is 3.73. The Morgan fingerprint density at radius 1 is 1.04 bits per heavy atom. The van der Waals surface area contributed by atoms with Gasteiger partial charge in [0.15, 0.2) is 0 Å². The zero-order valence-corrected chi connectivity index (χ0v) is 16.7. The van der Waals surface area contributed by atoms with E-state index in [1.807, 2.05) is 64.1 Å². The molecule has 0 saturated carbocycles. The van der Waals surface area contributed by atoms with Crippen LogP contribution < -0.4 is 0 Å². The Labute approximate surface area is 162 Å². The molecule has 0 fully saturated rings. The van der Waals surface area contributed by atoms with Crippen LogP contribution >= 0.6 is 11.8 Å². The molecule has 0 aliphatic carbocycles. The lowest BCUT2D eigenvalue weighted by Gasteiger charge is -2.09. The number of tetrazole rings is 1. The molecule has 0 spiro atoms. The van der Waals surface area contributed by atoms with E-state index in [1.54, 1.807) is 4.68 Å². The number of rotatable bonds is 6. The highest BCUT2D eigenvalue weighted by Gasteiger charge is 2.14. The SMILES string of the molecule is Cc1ccc(C)c(COC(=O)CSc2nnnn2-c2cc(C)ccc2C)c1. The molecule has 0 aliphatic heterocycles. The van der Waals surface area contributed by atoms with E-state index in [-0.39, 0.29) is 18.3 Å². The fraction of sp³-hybridized carbons (Fsp3) is 0.300. The Bertz CT molecular complexity index is 968. The van der Waals surface area contributed by atoms with Crippen molar-refractivity contribution in [2.75, 3.05) is 5.75 Å². The zero-order valence-electron chi connectivity index (χ0n) is 15.9. The van der Waals surface area contributed by atoms with E-state index in [0.29, 0.717) is 5.16 Å². The van der Waals surface area contributed by atoms with Crippen LogP contribution in [0.2, 0.25) is 0 Å². The summed E-state index contributed by atoms with van der Waals surface area (Å²) in [6.07, 6.45) is 0. The molecule has 0 saturated heterocycles. The maximum Gasteiger partial charge on any atom is 0.316 e. The van der Waals surface area contributed by atoms with Gasteiger partial charge in [0.1, 0.15) is 6.61 Å². The molecule has 1 heterocycles. The average Bonchev–Trinajstić information content (AvgIpc) is 3.11. The third kappa shape index (κ3) is 4.74. The van der Waals surface area contributed by atoms with Crippen molar-refractivity contribution in [3.05, 3.63) is 64.2 Å². The summed E-state index contributed by atoms with van der Waals surface area (Å²) in [5.41, 5.74) is 6.37. The molecule has 3 rings (SSSR count). The Balaban J connectivity index is 1.62. The van der Waals surface area contributed by atoms with E-state index in [1.165, 1.54) is 11.8 Å². The van der Waals surface area contributed by atoms with E-state index in [0.717, 1.165) is 33.5 Å². The normalized spacial score (nSPS) is 10.8. The number of ether oxygens (including phenoxy) is 1. The van der Waals surface area contributed by atoms with Crippen molar-refractivity contribution in [1.29, 1.82) is 0 Å². The number of hydrogen-bond acceptors (Lipinski definition) is 6. The number of hydrogen-bond donors (Lipinski definition) is 0. The summed E-state index contributed by atoms with van der Waals surface area (Å²) in [6, 6.07) is 12.2. The number of carbonyl (C=O) groups is 1. The van der Waals surface area contributed by atoms with E-state index in [4.69, 9.17) is 4.74 Å². The standard InChI is InChI=1S/C20H22N4O2S/c1-13-5-7-15(3)17(9-13)11-26-19(25)12-27-20-21-22-23-24(20)18-10-14(2)6-8-16(18)4/h5-10H,11-12H2,1-4H3. The third-order valence-corrected chi connectivity index (χ3v) is 5.14. The topological polar surface area (TPSA) is 69.9 Å². The van der Waals surface area contributed by atoms with Gasteiger partial charge in [-0.05, 0) is 66.4 Å². The minimum atomic E-state index is -0.295. The van der Waals surface area contributed by atoms with Crippen LogP contribution in [0.4, 0.5) is 0 Å². The first-order valence-electron chi connectivity index (χ1n) is 8.64. The van der Waals surface area contributed by atoms with Gasteiger partial charge in [-0.25, -0.2) is 0 Å². The lowest BCUT2D eigenvalue weighted by Crippen LogP contribution is -2.09. The molecule has 6 nitrogen and oxygen atoms in total. The molecule has 0 radical (unpaired) electrons. The molecule has 7 heteroatoms. The predicted molar refractivity (Wildman–Crippen MR) is 105 cm³/mol. The van der Waals surface area contributed by atoms with Crippen molar-refractivity contribution < 1.29 is 9.53 Å². The number of esters is 1. The second-order valence-corrected chi connectivity index (χ2v) is 7.49. The number of thioether (sulfide) groups is 1. The highest BCUT2D eigenvalue weighted by atomic mass is 32.2. The van der Waals surface area contributed by atoms with Crippen LogP contribution in [0.25, 0.3) is 5.69 Å². The van der Waals surface area contributed by atoms with Crippen LogP contribution in [0.1, 0.15) is 27.8 Å². The van der Waals surface area contributed by atoms with E-state index in [9.17, 15) is 4.79 Å². The molecule has 0 amide bonds. The van der Waals surface area contributed by atoms with Gasteiger partial charge in [-0.1, -0.05) is 47.7 Å². The molecule has 0 atom stereocenters. The van der Waals surface area contributed by atoms with Gasteiger partial charge < -0.3 is 4.74 Å². The van der Waals surface area contributed by atoms with E-state index < -0.39 is 0 Å². The molecule has 27 heavy (non-hydrogen) atoms. The summed E-state index contributed by atoms with van der Waals surface area (Å²) in [5.74, 6) is -0.146. The van der Waals surface area contributed by atoms with Gasteiger partial charge in [-0.15, -0.1) is 5.10 Å². The van der Waals surface area contributed by atoms with Gasteiger partial charge in [0.2, 0.25) is 5.16 Å². The summed E-state index contributed by atoms with van der Waals surface area (Å²) < 4.78 is 7.07. The van der Waals surface area contributed by atoms with Crippen molar-refractivity contribution in [3.63, 3.8) is 0 Å². The van der Waals surface area contributed by atoms with Crippen molar-refractivity contribution in [2.24, 2.45) is 0 Å². The number of carbonyl (C=O) groups excluding carboxylic acids is 1. The average molecular weight is 382 g/mol. The van der Waals surface area contributed by atoms with E-state index in [2.05, 4.69) is 15.5 Å². The molecule has 2 aromatic carbocycles. The summed E-state index contributed by atoms with van der Waals surface area (Å²) >= 11 is 1.27. The summed E-state index contributed by atoms with van der Waals surface area (Å²) in [4.78, 5) is 12.2. The highest BCUT2D eigenvalue weighted by Crippen LogP contribution is 2.22. The van der Waals surface area contributed by atoms with Crippen LogP contribution in [0.15, 0.2) is 41.6 Å². The van der Waals surface area contributed by atoms with Crippen molar-refractivity contribution >= 4 is 17.7 Å². The molecule has 1 aromatic heterocycles. The maximum atomic E-state index is 12.2. The van der Waals surface area contributed by atoms with Crippen LogP contribution in [-0.2, 0) is 16.1 Å². The maximum absolute atomic E-state index is 12.2.